The maximum absolute atomic E-state index is 13.0. The number of piperidine rings is 1. The fraction of sp³-hybridized carbons (Fsp3) is 0.500. The molecule has 0 aromatic heterocycles. The van der Waals surface area contributed by atoms with E-state index in [0.29, 0.717) is 25.3 Å². The van der Waals surface area contributed by atoms with Gasteiger partial charge in [-0.3, -0.25) is 4.79 Å². The number of hydrogen-bond donors (Lipinski definition) is 0. The normalized spacial score (nSPS) is 19.2. The molecule has 1 unspecified atom stereocenters. The van der Waals surface area contributed by atoms with Crippen LogP contribution in [0.4, 0.5) is 4.39 Å². The van der Waals surface area contributed by atoms with Gasteiger partial charge in [-0.05, 0) is 41.1 Å². The fourth-order valence-electron chi connectivity index (χ4n) is 4.13. The number of alkyl halides is 1. The maximum Gasteiger partial charge on any atom is 0.138 e. The van der Waals surface area contributed by atoms with Crippen molar-refractivity contribution in [2.75, 3.05) is 26.3 Å². The fourth-order valence-corrected chi connectivity index (χ4v) is 4.13. The monoisotopic (exact) mass is 341 g/mol. The van der Waals surface area contributed by atoms with Gasteiger partial charge in [0.15, 0.2) is 0 Å². The van der Waals surface area contributed by atoms with Crippen LogP contribution >= 0.6 is 0 Å². The number of carbonyl (C=O) groups excluding carboxylic acids is 1. The summed E-state index contributed by atoms with van der Waals surface area (Å²) >= 11 is 0. The van der Waals surface area contributed by atoms with E-state index in [1.165, 1.54) is 16.3 Å². The first-order chi connectivity index (χ1) is 12.0. The highest BCUT2D eigenvalue weighted by molar-refractivity contribution is 5.88. The van der Waals surface area contributed by atoms with Gasteiger partial charge in [0.1, 0.15) is 12.5 Å². The van der Waals surface area contributed by atoms with Crippen molar-refractivity contribution in [3.8, 4) is 0 Å². The van der Waals surface area contributed by atoms with E-state index in [2.05, 4.69) is 55.1 Å². The summed E-state index contributed by atoms with van der Waals surface area (Å²) in [6.45, 7) is 6.08. The summed E-state index contributed by atoms with van der Waals surface area (Å²) in [4.78, 5) is 15.0. The largest absolute Gasteiger partial charge is 0.300 e. The van der Waals surface area contributed by atoms with E-state index in [9.17, 15) is 9.18 Å². The summed E-state index contributed by atoms with van der Waals surface area (Å²) in [5.74, 6) is 0.371. The van der Waals surface area contributed by atoms with E-state index >= 15 is 0 Å². The van der Waals surface area contributed by atoms with Crippen molar-refractivity contribution < 1.29 is 9.18 Å². The van der Waals surface area contributed by atoms with Crippen molar-refractivity contribution in [1.29, 1.82) is 0 Å². The molecule has 2 aromatic carbocycles. The molecule has 0 amide bonds. The van der Waals surface area contributed by atoms with Crippen LogP contribution in [0.2, 0.25) is 0 Å². The first-order valence-electron chi connectivity index (χ1n) is 9.30. The first kappa shape index (κ1) is 18.1. The van der Waals surface area contributed by atoms with Crippen molar-refractivity contribution in [2.45, 2.75) is 38.5 Å². The molecule has 1 fully saturated rings. The Balaban J connectivity index is 1.77. The SMILES string of the molecule is CC(C)(CC(=O)C1CCCN(CCF)C1)c1cccc2ccccc12. The average Bonchev–Trinajstić information content (AvgIpc) is 2.61. The molecule has 2 aromatic rings. The number of hydrogen-bond acceptors (Lipinski definition) is 2. The molecule has 1 heterocycles. The van der Waals surface area contributed by atoms with Crippen molar-refractivity contribution >= 4 is 16.6 Å². The smallest absolute Gasteiger partial charge is 0.138 e. The van der Waals surface area contributed by atoms with E-state index < -0.39 is 0 Å². The molecule has 0 N–H and O–H groups in total. The van der Waals surface area contributed by atoms with Crippen LogP contribution in [0, 0.1) is 5.92 Å². The van der Waals surface area contributed by atoms with Gasteiger partial charge in [-0.15, -0.1) is 0 Å². The Labute approximate surface area is 150 Å². The first-order valence-corrected chi connectivity index (χ1v) is 9.30. The highest BCUT2D eigenvalue weighted by Gasteiger charge is 2.31. The second kappa shape index (κ2) is 7.65. The molecule has 1 aliphatic rings. The van der Waals surface area contributed by atoms with Crippen molar-refractivity contribution in [3.63, 3.8) is 0 Å². The predicted molar refractivity (Wildman–Crippen MR) is 102 cm³/mol. The van der Waals surface area contributed by atoms with Crippen molar-refractivity contribution in [2.24, 2.45) is 5.92 Å². The molecule has 3 rings (SSSR count). The number of fused-ring (bicyclic) bond motifs is 1. The van der Waals surface area contributed by atoms with Gasteiger partial charge in [-0.2, -0.15) is 0 Å². The lowest BCUT2D eigenvalue weighted by atomic mass is 9.75. The Morgan fingerprint density at radius 3 is 2.76 bits per heavy atom. The highest BCUT2D eigenvalue weighted by Crippen LogP contribution is 2.34. The van der Waals surface area contributed by atoms with Crippen LogP contribution in [0.25, 0.3) is 10.8 Å². The number of likely N-dealkylation sites (tertiary alicyclic amines) is 1. The topological polar surface area (TPSA) is 20.3 Å². The highest BCUT2D eigenvalue weighted by atomic mass is 19.1. The van der Waals surface area contributed by atoms with Crippen LogP contribution < -0.4 is 0 Å². The zero-order chi connectivity index (χ0) is 17.9. The van der Waals surface area contributed by atoms with E-state index in [4.69, 9.17) is 0 Å². The maximum atomic E-state index is 13.0. The summed E-state index contributed by atoms with van der Waals surface area (Å²) in [6.07, 6.45) is 2.47. The minimum absolute atomic E-state index is 0.0505. The number of Topliss-reactive ketones (excluding diaryl/α,β-unsaturated/α-hetero) is 1. The Kier molecular flexibility index (Phi) is 5.53. The molecule has 3 heteroatoms. The Morgan fingerprint density at radius 2 is 1.96 bits per heavy atom. The van der Waals surface area contributed by atoms with Crippen LogP contribution in [0.15, 0.2) is 42.5 Å². The van der Waals surface area contributed by atoms with Crippen LogP contribution in [0.1, 0.15) is 38.7 Å². The van der Waals surface area contributed by atoms with E-state index in [1.807, 2.05) is 6.07 Å². The summed E-state index contributed by atoms with van der Waals surface area (Å²) in [7, 11) is 0. The van der Waals surface area contributed by atoms with Gasteiger partial charge in [0.2, 0.25) is 0 Å². The van der Waals surface area contributed by atoms with Crippen LogP contribution in [-0.4, -0.2) is 37.0 Å². The van der Waals surface area contributed by atoms with Crippen LogP contribution in [0.5, 0.6) is 0 Å². The lowest BCUT2D eigenvalue weighted by Crippen LogP contribution is -2.41. The number of ketones is 1. The molecule has 1 saturated heterocycles. The van der Waals surface area contributed by atoms with Gasteiger partial charge >= 0.3 is 0 Å². The second-order valence-corrected chi connectivity index (χ2v) is 7.88. The zero-order valence-electron chi connectivity index (χ0n) is 15.3. The quantitative estimate of drug-likeness (QED) is 0.755. The minimum atomic E-state index is -0.331. The molecule has 25 heavy (non-hydrogen) atoms. The molecule has 1 aliphatic heterocycles. The van der Waals surface area contributed by atoms with Crippen molar-refractivity contribution in [1.82, 2.24) is 4.90 Å². The van der Waals surface area contributed by atoms with Crippen molar-refractivity contribution in [3.05, 3.63) is 48.0 Å². The molecule has 2 nitrogen and oxygen atoms in total. The molecular weight excluding hydrogens is 313 g/mol. The summed E-state index contributed by atoms with van der Waals surface area (Å²) in [5.41, 5.74) is 1.02. The summed E-state index contributed by atoms with van der Waals surface area (Å²) < 4.78 is 12.6. The summed E-state index contributed by atoms with van der Waals surface area (Å²) in [5, 5.41) is 2.44. The van der Waals surface area contributed by atoms with Gasteiger partial charge in [-0.1, -0.05) is 56.3 Å². The van der Waals surface area contributed by atoms with Gasteiger partial charge in [-0.25, -0.2) is 4.39 Å². The number of rotatable bonds is 6. The molecule has 134 valence electrons. The lowest BCUT2D eigenvalue weighted by Gasteiger charge is -2.33. The van der Waals surface area contributed by atoms with Gasteiger partial charge in [0.25, 0.3) is 0 Å². The van der Waals surface area contributed by atoms with Gasteiger partial charge in [0, 0.05) is 25.4 Å². The predicted octanol–water partition coefficient (Wildman–Crippen LogP) is 4.76. The average molecular weight is 341 g/mol. The number of benzene rings is 2. The molecule has 0 bridgehead atoms. The second-order valence-electron chi connectivity index (χ2n) is 7.88. The Hall–Kier alpha value is -1.74. The standard InChI is InChI=1S/C22H28FNO/c1-22(2,20-11-5-8-17-7-3-4-10-19(17)20)15-21(25)18-9-6-13-24(16-18)14-12-23/h3-5,7-8,10-11,18H,6,9,12-16H2,1-2H3. The molecular formula is C22H28FNO. The van der Waals surface area contributed by atoms with Gasteiger partial charge < -0.3 is 4.90 Å². The molecule has 0 saturated carbocycles. The Bertz CT molecular complexity index is 732. The lowest BCUT2D eigenvalue weighted by molar-refractivity contribution is -0.125. The van der Waals surface area contributed by atoms with E-state index in [-0.39, 0.29) is 18.0 Å². The molecule has 1 atom stereocenters. The molecule has 0 spiro atoms. The molecule has 0 aliphatic carbocycles. The summed E-state index contributed by atoms with van der Waals surface area (Å²) in [6, 6.07) is 14.7. The van der Waals surface area contributed by atoms with Crippen LogP contribution in [0.3, 0.4) is 0 Å². The minimum Gasteiger partial charge on any atom is -0.300 e. The number of halogens is 1. The Morgan fingerprint density at radius 1 is 1.20 bits per heavy atom. The number of carbonyl (C=O) groups is 1. The third-order valence-corrected chi connectivity index (χ3v) is 5.50. The zero-order valence-corrected chi connectivity index (χ0v) is 15.3. The van der Waals surface area contributed by atoms with E-state index in [1.54, 1.807) is 0 Å². The third-order valence-electron chi connectivity index (χ3n) is 5.50. The third kappa shape index (κ3) is 4.09. The van der Waals surface area contributed by atoms with Gasteiger partial charge in [0.05, 0.1) is 0 Å². The molecule has 0 radical (unpaired) electrons. The number of nitrogens with zero attached hydrogens (tertiary/aromatic N) is 1. The van der Waals surface area contributed by atoms with E-state index in [0.717, 1.165) is 19.4 Å². The van der Waals surface area contributed by atoms with Crippen LogP contribution in [-0.2, 0) is 10.2 Å².